The van der Waals surface area contributed by atoms with Gasteiger partial charge in [-0.15, -0.1) is 11.6 Å². The fourth-order valence-electron chi connectivity index (χ4n) is 3.44. The number of nitrogen functional groups attached to an aromatic ring is 1. The summed E-state index contributed by atoms with van der Waals surface area (Å²) in [7, 11) is -17.2. The molecule has 7 atom stereocenters. The molecule has 1 fully saturated rings. The maximum absolute atomic E-state index is 14.5. The van der Waals surface area contributed by atoms with Crippen LogP contribution in [0.25, 0.3) is 11.0 Å². The van der Waals surface area contributed by atoms with Crippen LogP contribution in [0.1, 0.15) is 13.2 Å². The fraction of sp³-hybridized carbons (Fsp3) is 0.538. The van der Waals surface area contributed by atoms with Crippen molar-refractivity contribution in [2.75, 3.05) is 12.4 Å². The van der Waals surface area contributed by atoms with E-state index in [2.05, 4.69) is 23.1 Å². The lowest BCUT2D eigenvalue weighted by Gasteiger charge is -2.28. The number of phosphoric ester groups is 1. The average Bonchev–Trinajstić information content (AvgIpc) is 3.13. The summed E-state index contributed by atoms with van der Waals surface area (Å²) in [6.45, 7) is -0.599. The fourth-order valence-corrected chi connectivity index (χ4v) is 6.92. The number of aliphatic hydroxyl groups excluding tert-OH is 1. The van der Waals surface area contributed by atoms with Crippen molar-refractivity contribution in [1.82, 2.24) is 14.5 Å². The predicted octanol–water partition coefficient (Wildman–Crippen LogP) is 0.383. The largest absolute Gasteiger partial charge is 0.490 e. The highest BCUT2D eigenvalue weighted by Gasteiger charge is 2.59. The van der Waals surface area contributed by atoms with Crippen LogP contribution in [0.2, 0.25) is 0 Å². The number of aromatic nitrogens is 3. The number of nitrogens with one attached hydrogen (secondary N) is 1. The number of ether oxygens (including phenoxy) is 1. The van der Waals surface area contributed by atoms with Gasteiger partial charge in [-0.3, -0.25) is 14.3 Å². The number of phosphoric acid groups is 3. The first-order valence-corrected chi connectivity index (χ1v) is 14.2. The molecule has 1 aliphatic rings. The van der Waals surface area contributed by atoms with Crippen LogP contribution in [0, 0.1) is 5.82 Å². The molecule has 0 amide bonds. The van der Waals surface area contributed by atoms with Crippen molar-refractivity contribution >= 4 is 52.1 Å². The zero-order chi connectivity index (χ0) is 27.4. The minimum Gasteiger partial charge on any atom is -0.388 e. The third-order valence-corrected chi connectivity index (χ3v) is 9.23. The molecule has 2 aromatic rings. The standard InChI is InChI=1S/C13H18ClF2N4O13P3/c1-4(31-35(26,27)33-36(28,29)32-34(23,24)25)7-8(21)13(14,3-15)11(30-7)20-2-5(16)6-9(20)18-12(17)19-10(6)22/h2,4,7-8,11,21H,3H2,1H3,(H,26,27)(H,28,29)(H2,23,24,25)(H3,17,18,19,22)/t4-,7+,8?,11+,13+/m0/s1. The molecule has 36 heavy (non-hydrogen) atoms. The second-order valence-electron chi connectivity index (χ2n) is 7.39. The Labute approximate surface area is 203 Å². The van der Waals surface area contributed by atoms with Crippen LogP contribution in [-0.2, 0) is 31.6 Å². The smallest absolute Gasteiger partial charge is 0.388 e. The number of nitrogens with two attached hydrogens (primary N) is 1. The molecule has 3 heterocycles. The van der Waals surface area contributed by atoms with E-state index in [1.807, 2.05) is 0 Å². The number of nitrogens with zero attached hydrogens (tertiary/aromatic N) is 2. The molecule has 17 nitrogen and oxygen atoms in total. The molecule has 3 unspecified atom stereocenters. The molecule has 204 valence electrons. The van der Waals surface area contributed by atoms with E-state index in [4.69, 9.17) is 31.9 Å². The van der Waals surface area contributed by atoms with E-state index in [1.54, 1.807) is 0 Å². The van der Waals surface area contributed by atoms with E-state index >= 15 is 0 Å². The van der Waals surface area contributed by atoms with Crippen LogP contribution >= 0.6 is 35.1 Å². The SMILES string of the molecule is C[C@H](OP(=O)(O)OP(=O)(O)OP(=O)(O)O)[C@H]1O[C@@H](n2cc(F)c3c(=O)[nH]c(N)nc32)[C@@](Cl)(CF)C1O. The van der Waals surface area contributed by atoms with Gasteiger partial charge in [-0.05, 0) is 6.92 Å². The minimum absolute atomic E-state index is 0.453. The molecule has 0 aromatic carbocycles. The number of aromatic amines is 1. The topological polar surface area (TPSA) is 266 Å². The number of hydrogen-bond acceptors (Lipinski definition) is 11. The number of anilines is 1. The van der Waals surface area contributed by atoms with E-state index in [0.717, 1.165) is 11.5 Å². The summed E-state index contributed by atoms with van der Waals surface area (Å²) in [5.74, 6) is -1.59. The first-order chi connectivity index (χ1) is 16.3. The Balaban J connectivity index is 1.92. The molecular formula is C13H18ClF2N4O13P3. The molecule has 23 heteroatoms. The third-order valence-electron chi connectivity index (χ3n) is 4.79. The quantitative estimate of drug-likeness (QED) is 0.151. The predicted molar refractivity (Wildman–Crippen MR) is 114 cm³/mol. The van der Waals surface area contributed by atoms with Crippen molar-refractivity contribution in [1.29, 1.82) is 0 Å². The Kier molecular flexibility index (Phi) is 7.95. The normalized spacial score (nSPS) is 29.2. The molecule has 3 rings (SSSR count). The number of alkyl halides is 2. The van der Waals surface area contributed by atoms with Crippen molar-refractivity contribution in [3.8, 4) is 0 Å². The van der Waals surface area contributed by atoms with Crippen LogP contribution in [0.15, 0.2) is 11.0 Å². The van der Waals surface area contributed by atoms with Gasteiger partial charge in [0.15, 0.2) is 17.7 Å². The third kappa shape index (κ3) is 5.89. The zero-order valence-corrected chi connectivity index (χ0v) is 21.0. The summed E-state index contributed by atoms with van der Waals surface area (Å²) in [4.78, 5) is 51.6. The van der Waals surface area contributed by atoms with Crippen LogP contribution in [0.4, 0.5) is 14.7 Å². The monoisotopic (exact) mass is 604 g/mol. The maximum Gasteiger partial charge on any atom is 0.490 e. The van der Waals surface area contributed by atoms with Gasteiger partial charge in [-0.25, -0.2) is 22.5 Å². The van der Waals surface area contributed by atoms with E-state index < -0.39 is 87.9 Å². The molecule has 0 spiro atoms. The minimum atomic E-state index is -5.85. The summed E-state index contributed by atoms with van der Waals surface area (Å²) in [5, 5.41) is 10.0. The lowest BCUT2D eigenvalue weighted by atomic mass is 9.97. The molecule has 0 aliphatic carbocycles. The van der Waals surface area contributed by atoms with E-state index in [0.29, 0.717) is 6.20 Å². The molecule has 2 aromatic heterocycles. The average molecular weight is 605 g/mol. The Morgan fingerprint density at radius 3 is 2.47 bits per heavy atom. The molecule has 8 N–H and O–H groups in total. The summed E-state index contributed by atoms with van der Waals surface area (Å²) >= 11 is 6.24. The number of hydrogen-bond donors (Lipinski definition) is 7. The van der Waals surface area contributed by atoms with Gasteiger partial charge in [-0.2, -0.15) is 13.6 Å². The Morgan fingerprint density at radius 2 is 1.92 bits per heavy atom. The zero-order valence-electron chi connectivity index (χ0n) is 17.5. The van der Waals surface area contributed by atoms with Gasteiger partial charge in [0.25, 0.3) is 5.56 Å². The van der Waals surface area contributed by atoms with Crippen molar-refractivity contribution in [3.63, 3.8) is 0 Å². The van der Waals surface area contributed by atoms with E-state index in [-0.39, 0.29) is 0 Å². The van der Waals surface area contributed by atoms with Gasteiger partial charge < -0.3 is 39.7 Å². The first kappa shape index (κ1) is 29.3. The van der Waals surface area contributed by atoms with E-state index in [1.165, 1.54) is 0 Å². The number of aliphatic hydroxyl groups is 1. The summed E-state index contributed by atoms with van der Waals surface area (Å²) in [5.41, 5.74) is 4.02. The summed E-state index contributed by atoms with van der Waals surface area (Å²) in [6.07, 6.45) is -6.86. The van der Waals surface area contributed by atoms with Crippen LogP contribution in [-0.4, -0.2) is 69.1 Å². The maximum atomic E-state index is 14.5. The van der Waals surface area contributed by atoms with Crippen LogP contribution < -0.4 is 11.3 Å². The highest BCUT2D eigenvalue weighted by Crippen LogP contribution is 2.66. The number of fused-ring (bicyclic) bond motifs is 1. The molecule has 1 saturated heterocycles. The second-order valence-corrected chi connectivity index (χ2v) is 12.5. The number of rotatable bonds is 9. The van der Waals surface area contributed by atoms with Gasteiger partial charge >= 0.3 is 23.5 Å². The molecule has 1 aliphatic heterocycles. The molecular weight excluding hydrogens is 587 g/mol. The van der Waals surface area contributed by atoms with Gasteiger partial charge in [0.2, 0.25) is 5.95 Å². The second kappa shape index (κ2) is 9.78. The first-order valence-electron chi connectivity index (χ1n) is 9.26. The van der Waals surface area contributed by atoms with Crippen LogP contribution in [0.3, 0.4) is 0 Å². The molecule has 0 bridgehead atoms. The number of halogens is 3. The number of H-pyrrole nitrogens is 1. The lowest BCUT2D eigenvalue weighted by molar-refractivity contribution is -0.0732. The van der Waals surface area contributed by atoms with Crippen molar-refractivity contribution in [2.45, 2.75) is 36.3 Å². The molecule has 0 radical (unpaired) electrons. The Hall–Kier alpha value is -1.30. The van der Waals surface area contributed by atoms with Crippen molar-refractivity contribution in [3.05, 3.63) is 22.4 Å². The van der Waals surface area contributed by atoms with Crippen LogP contribution in [0.5, 0.6) is 0 Å². The van der Waals surface area contributed by atoms with E-state index in [9.17, 15) is 42.2 Å². The van der Waals surface area contributed by atoms with Gasteiger partial charge in [0.05, 0.1) is 6.10 Å². The highest BCUT2D eigenvalue weighted by atomic mass is 35.5. The Bertz CT molecular complexity index is 1370. The highest BCUT2D eigenvalue weighted by molar-refractivity contribution is 7.66. The van der Waals surface area contributed by atoms with Crippen molar-refractivity contribution < 1.29 is 65.0 Å². The Morgan fingerprint density at radius 1 is 1.31 bits per heavy atom. The van der Waals surface area contributed by atoms with Gasteiger partial charge in [0.1, 0.15) is 29.1 Å². The van der Waals surface area contributed by atoms with Crippen molar-refractivity contribution in [2.24, 2.45) is 0 Å². The van der Waals surface area contributed by atoms with Gasteiger partial charge in [0, 0.05) is 6.20 Å². The van der Waals surface area contributed by atoms with Gasteiger partial charge in [-0.1, -0.05) is 0 Å². The summed E-state index contributed by atoms with van der Waals surface area (Å²) < 4.78 is 80.8. The summed E-state index contributed by atoms with van der Waals surface area (Å²) in [6, 6.07) is 0. The lowest BCUT2D eigenvalue weighted by Crippen LogP contribution is -2.46. The molecule has 0 saturated carbocycles.